The van der Waals surface area contributed by atoms with Crippen LogP contribution in [0.15, 0.2) is 65.1 Å². The maximum Gasteiger partial charge on any atom is 0.433 e. The Morgan fingerprint density at radius 1 is 0.939 bits per heavy atom. The van der Waals surface area contributed by atoms with Crippen molar-refractivity contribution in [2.24, 2.45) is 0 Å². The molecule has 1 fully saturated rings. The first-order chi connectivity index (χ1) is 15.9. The van der Waals surface area contributed by atoms with Gasteiger partial charge in [0, 0.05) is 28.5 Å². The minimum Gasteiger partial charge on any atom is -0.451 e. The second-order valence-electron chi connectivity index (χ2n) is 8.38. The normalized spacial score (nSPS) is 19.0. The van der Waals surface area contributed by atoms with Crippen LogP contribution in [-0.4, -0.2) is 23.0 Å². The van der Waals surface area contributed by atoms with Crippen molar-refractivity contribution in [1.29, 1.82) is 0 Å². The van der Waals surface area contributed by atoms with Gasteiger partial charge in [-0.05, 0) is 49.9 Å². The molecule has 2 heterocycles. The summed E-state index contributed by atoms with van der Waals surface area (Å²) in [7, 11) is 0. The number of hydrogen-bond donors (Lipinski definition) is 2. The van der Waals surface area contributed by atoms with E-state index in [1.165, 1.54) is 0 Å². The van der Waals surface area contributed by atoms with Gasteiger partial charge in [0.15, 0.2) is 5.76 Å². The number of aromatic nitrogens is 1. The van der Waals surface area contributed by atoms with E-state index in [2.05, 4.69) is 15.6 Å². The van der Waals surface area contributed by atoms with Crippen LogP contribution in [0.4, 0.5) is 18.9 Å². The molecule has 33 heavy (non-hydrogen) atoms. The maximum absolute atomic E-state index is 13.3. The SMILES string of the molecule is O=C(N[C@H]1CC[C@@H](Nc2cc(C(F)(F)F)nc3ccccc23)CC1)c1cc2ccccc2o1. The van der Waals surface area contributed by atoms with Crippen LogP contribution in [0.3, 0.4) is 0 Å². The summed E-state index contributed by atoms with van der Waals surface area (Å²) >= 11 is 0. The number of carbonyl (C=O) groups is 1. The Balaban J connectivity index is 1.24. The standard InChI is InChI=1S/C25H22F3N3O2/c26-25(27,28)23-14-20(18-6-2-3-7-19(18)31-23)29-16-9-11-17(12-10-16)30-24(32)22-13-15-5-1-4-8-21(15)33-22/h1-8,13-14,16-17H,9-12H2,(H,29,31)(H,30,32)/t16-,17+. The number of anilines is 1. The van der Waals surface area contributed by atoms with Gasteiger partial charge in [-0.1, -0.05) is 36.4 Å². The summed E-state index contributed by atoms with van der Waals surface area (Å²) in [6, 6.07) is 17.1. The van der Waals surface area contributed by atoms with Crippen molar-refractivity contribution in [1.82, 2.24) is 10.3 Å². The number of pyridine rings is 1. The molecule has 0 radical (unpaired) electrons. The van der Waals surface area contributed by atoms with E-state index in [-0.39, 0.29) is 23.8 Å². The van der Waals surface area contributed by atoms with E-state index in [1.807, 2.05) is 24.3 Å². The summed E-state index contributed by atoms with van der Waals surface area (Å²) in [5.41, 5.74) is 0.498. The molecule has 0 aliphatic heterocycles. The molecule has 0 bridgehead atoms. The number of nitrogens with zero attached hydrogens (tertiary/aromatic N) is 1. The molecule has 5 nitrogen and oxygen atoms in total. The fourth-order valence-electron chi connectivity index (χ4n) is 4.39. The van der Waals surface area contributed by atoms with Gasteiger partial charge in [-0.25, -0.2) is 4.98 Å². The number of fused-ring (bicyclic) bond motifs is 2. The number of amides is 1. The summed E-state index contributed by atoms with van der Waals surface area (Å²) in [6.07, 6.45) is -1.62. The Labute approximate surface area is 188 Å². The number of alkyl halides is 3. The number of para-hydroxylation sites is 2. The summed E-state index contributed by atoms with van der Waals surface area (Å²) in [4.78, 5) is 16.4. The number of rotatable bonds is 4. The predicted molar refractivity (Wildman–Crippen MR) is 120 cm³/mol. The number of benzene rings is 2. The molecule has 170 valence electrons. The minimum atomic E-state index is -4.51. The quantitative estimate of drug-likeness (QED) is 0.389. The third-order valence-electron chi connectivity index (χ3n) is 6.08. The third kappa shape index (κ3) is 4.51. The van der Waals surface area contributed by atoms with Gasteiger partial charge in [0.2, 0.25) is 0 Å². The van der Waals surface area contributed by atoms with Crippen molar-refractivity contribution in [2.45, 2.75) is 43.9 Å². The van der Waals surface area contributed by atoms with Gasteiger partial charge >= 0.3 is 6.18 Å². The molecule has 0 saturated heterocycles. The molecule has 2 aromatic heterocycles. The molecule has 0 unspecified atom stereocenters. The van der Waals surface area contributed by atoms with Crippen LogP contribution in [0.5, 0.6) is 0 Å². The molecule has 1 aliphatic carbocycles. The molecule has 2 aromatic carbocycles. The maximum atomic E-state index is 13.3. The van der Waals surface area contributed by atoms with Crippen molar-refractivity contribution in [3.63, 3.8) is 0 Å². The molecule has 0 atom stereocenters. The molecule has 5 rings (SSSR count). The average Bonchev–Trinajstić information content (AvgIpc) is 3.24. The van der Waals surface area contributed by atoms with Crippen molar-refractivity contribution in [3.05, 3.63) is 72.1 Å². The van der Waals surface area contributed by atoms with Crippen molar-refractivity contribution >= 4 is 33.5 Å². The van der Waals surface area contributed by atoms with Crippen LogP contribution < -0.4 is 10.6 Å². The number of hydrogen-bond acceptors (Lipinski definition) is 4. The number of nitrogens with one attached hydrogen (secondary N) is 2. The van der Waals surface area contributed by atoms with E-state index in [4.69, 9.17) is 4.42 Å². The van der Waals surface area contributed by atoms with E-state index in [9.17, 15) is 18.0 Å². The lowest BCUT2D eigenvalue weighted by Crippen LogP contribution is -2.40. The zero-order valence-electron chi connectivity index (χ0n) is 17.7. The fourth-order valence-corrected chi connectivity index (χ4v) is 4.39. The highest BCUT2D eigenvalue weighted by Gasteiger charge is 2.34. The summed E-state index contributed by atoms with van der Waals surface area (Å²) in [5.74, 6) is 0.0249. The number of halogens is 3. The highest BCUT2D eigenvalue weighted by atomic mass is 19.4. The molecule has 1 saturated carbocycles. The molecule has 8 heteroatoms. The second kappa shape index (κ2) is 8.42. The summed E-state index contributed by atoms with van der Waals surface area (Å²) in [6.45, 7) is 0. The van der Waals surface area contributed by atoms with Crippen molar-refractivity contribution < 1.29 is 22.4 Å². The molecular weight excluding hydrogens is 431 g/mol. The zero-order valence-corrected chi connectivity index (χ0v) is 17.7. The van der Waals surface area contributed by atoms with Gasteiger partial charge in [-0.15, -0.1) is 0 Å². The lowest BCUT2D eigenvalue weighted by atomic mass is 9.90. The third-order valence-corrected chi connectivity index (χ3v) is 6.08. The highest BCUT2D eigenvalue weighted by Crippen LogP contribution is 2.34. The van der Waals surface area contributed by atoms with Crippen LogP contribution in [0, 0.1) is 0 Å². The number of carbonyl (C=O) groups excluding carboxylic acids is 1. The Hall–Kier alpha value is -3.55. The van der Waals surface area contributed by atoms with Crippen LogP contribution in [0.2, 0.25) is 0 Å². The average molecular weight is 453 g/mol. The van der Waals surface area contributed by atoms with Gasteiger partial charge in [0.05, 0.1) is 5.52 Å². The molecule has 1 amide bonds. The topological polar surface area (TPSA) is 67.2 Å². The van der Waals surface area contributed by atoms with Crippen LogP contribution in [0.25, 0.3) is 21.9 Å². The fraction of sp³-hybridized carbons (Fsp3) is 0.280. The van der Waals surface area contributed by atoms with E-state index < -0.39 is 11.9 Å². The molecule has 4 aromatic rings. The smallest absolute Gasteiger partial charge is 0.433 e. The molecule has 0 spiro atoms. The summed E-state index contributed by atoms with van der Waals surface area (Å²) < 4.78 is 45.6. The Morgan fingerprint density at radius 3 is 2.39 bits per heavy atom. The first-order valence-electron chi connectivity index (χ1n) is 10.9. The minimum absolute atomic E-state index is 0.0104. The van der Waals surface area contributed by atoms with E-state index in [1.54, 1.807) is 30.3 Å². The Bertz CT molecular complexity index is 1270. The van der Waals surface area contributed by atoms with Crippen molar-refractivity contribution in [3.8, 4) is 0 Å². The van der Waals surface area contributed by atoms with Crippen LogP contribution in [-0.2, 0) is 6.18 Å². The van der Waals surface area contributed by atoms with E-state index in [0.29, 0.717) is 22.2 Å². The largest absolute Gasteiger partial charge is 0.451 e. The highest BCUT2D eigenvalue weighted by molar-refractivity contribution is 5.96. The van der Waals surface area contributed by atoms with Gasteiger partial charge in [0.1, 0.15) is 11.3 Å². The first-order valence-corrected chi connectivity index (χ1v) is 10.9. The monoisotopic (exact) mass is 453 g/mol. The van der Waals surface area contributed by atoms with E-state index in [0.717, 1.165) is 37.1 Å². The molecular formula is C25H22F3N3O2. The molecule has 2 N–H and O–H groups in total. The predicted octanol–water partition coefficient (Wildman–Crippen LogP) is 6.15. The summed E-state index contributed by atoms with van der Waals surface area (Å²) in [5, 5.41) is 7.84. The van der Waals surface area contributed by atoms with Crippen LogP contribution >= 0.6 is 0 Å². The van der Waals surface area contributed by atoms with Crippen LogP contribution in [0.1, 0.15) is 41.9 Å². The molecule has 1 aliphatic rings. The van der Waals surface area contributed by atoms with Gasteiger partial charge in [0.25, 0.3) is 5.91 Å². The number of furan rings is 1. The lowest BCUT2D eigenvalue weighted by Gasteiger charge is -2.30. The second-order valence-corrected chi connectivity index (χ2v) is 8.38. The van der Waals surface area contributed by atoms with E-state index >= 15 is 0 Å². The zero-order chi connectivity index (χ0) is 23.0. The van der Waals surface area contributed by atoms with Crippen molar-refractivity contribution in [2.75, 3.05) is 5.32 Å². The van der Waals surface area contributed by atoms with Gasteiger partial charge < -0.3 is 15.1 Å². The van der Waals surface area contributed by atoms with Gasteiger partial charge in [-0.2, -0.15) is 13.2 Å². The Kier molecular flexibility index (Phi) is 5.44. The lowest BCUT2D eigenvalue weighted by molar-refractivity contribution is -0.140. The first kappa shape index (κ1) is 21.3. The van der Waals surface area contributed by atoms with Gasteiger partial charge in [-0.3, -0.25) is 4.79 Å². The Morgan fingerprint density at radius 2 is 1.64 bits per heavy atom.